The van der Waals surface area contributed by atoms with Gasteiger partial charge in [0.05, 0.1) is 11.1 Å². The number of rotatable bonds is 21. The molecule has 2 aromatic carbocycles. The average molecular weight is 667 g/mol. The van der Waals surface area contributed by atoms with Crippen LogP contribution in [0.1, 0.15) is 149 Å². The minimum absolute atomic E-state index is 0.122. The zero-order valence-corrected chi connectivity index (χ0v) is 29.5. The summed E-state index contributed by atoms with van der Waals surface area (Å²) < 4.78 is 0. The summed E-state index contributed by atoms with van der Waals surface area (Å²) in [5.41, 5.74) is 11.9. The molecule has 48 heavy (non-hydrogen) atoms. The molecule has 0 radical (unpaired) electrons. The van der Waals surface area contributed by atoms with E-state index in [4.69, 9.17) is 0 Å². The largest absolute Gasteiger partial charge is 0.507 e. The molecule has 2 rings (SSSR count). The first-order valence-corrected chi connectivity index (χ1v) is 18.0. The number of aromatic hydroxyl groups is 2. The Labute approximate surface area is 286 Å². The van der Waals surface area contributed by atoms with E-state index in [-0.39, 0.29) is 46.3 Å². The van der Waals surface area contributed by atoms with Gasteiger partial charge in [0.25, 0.3) is 11.8 Å². The van der Waals surface area contributed by atoms with E-state index in [9.17, 15) is 29.4 Å². The first-order chi connectivity index (χ1) is 23.2. The molecule has 0 fully saturated rings. The Hall–Kier alpha value is -4.08. The number of nitrogens with one attached hydrogen (secondary N) is 4. The lowest BCUT2D eigenvalue weighted by Gasteiger charge is -2.19. The van der Waals surface area contributed by atoms with Crippen molar-refractivity contribution in [3.8, 4) is 11.5 Å². The second-order valence-electron chi connectivity index (χ2n) is 12.7. The summed E-state index contributed by atoms with van der Waals surface area (Å²) in [5, 5.41) is 20.8. The molecule has 10 nitrogen and oxygen atoms in total. The van der Waals surface area contributed by atoms with Crippen LogP contribution < -0.4 is 21.7 Å². The van der Waals surface area contributed by atoms with Gasteiger partial charge in [-0.2, -0.15) is 0 Å². The Balaban J connectivity index is 1.90. The molecule has 266 valence electrons. The molecule has 0 bridgehead atoms. The van der Waals surface area contributed by atoms with E-state index in [1.165, 1.54) is 12.1 Å². The molecule has 2 unspecified atom stereocenters. The van der Waals surface area contributed by atoms with Crippen molar-refractivity contribution in [3.63, 3.8) is 0 Å². The molecule has 2 aromatic rings. The number of aryl methyl sites for hydroxylation is 2. The Bertz CT molecular complexity index is 1310. The van der Waals surface area contributed by atoms with Gasteiger partial charge in [-0.25, -0.2) is 0 Å². The second kappa shape index (κ2) is 22.5. The van der Waals surface area contributed by atoms with Crippen molar-refractivity contribution in [1.82, 2.24) is 21.7 Å². The fourth-order valence-electron chi connectivity index (χ4n) is 6.05. The fraction of sp³-hybridized carbons (Fsp3) is 0.579. The number of phenols is 2. The molecular weight excluding hydrogens is 608 g/mol. The molecule has 0 aliphatic carbocycles. The molecule has 0 aliphatic rings. The molecule has 0 saturated carbocycles. The third kappa shape index (κ3) is 13.2. The monoisotopic (exact) mass is 666 g/mol. The Morgan fingerprint density at radius 2 is 1.00 bits per heavy atom. The maximum atomic E-state index is 13.1. The van der Waals surface area contributed by atoms with Crippen LogP contribution in [0.15, 0.2) is 36.4 Å². The lowest BCUT2D eigenvalue weighted by Crippen LogP contribution is -2.45. The van der Waals surface area contributed by atoms with Gasteiger partial charge in [0.15, 0.2) is 0 Å². The SMILES string of the molecule is CCCCCCc1cccc(O)c1C(=O)NNC(=O)C(CC)CCCC(CCC)C(=O)NNC(=O)c1c(O)cccc1CCCCCC. The maximum Gasteiger partial charge on any atom is 0.273 e. The number of phenolic OH excluding ortho intramolecular Hbond substituents is 2. The van der Waals surface area contributed by atoms with Gasteiger partial charge < -0.3 is 10.2 Å². The molecule has 4 amide bonds. The molecule has 2 atom stereocenters. The lowest BCUT2D eigenvalue weighted by molar-refractivity contribution is -0.126. The van der Waals surface area contributed by atoms with Crippen molar-refractivity contribution in [2.75, 3.05) is 0 Å². The van der Waals surface area contributed by atoms with E-state index in [0.29, 0.717) is 44.9 Å². The lowest BCUT2D eigenvalue weighted by atomic mass is 9.92. The molecular formula is C38H58N4O6. The van der Waals surface area contributed by atoms with Crippen LogP contribution in [0.2, 0.25) is 0 Å². The highest BCUT2D eigenvalue weighted by Gasteiger charge is 2.23. The summed E-state index contributed by atoms with van der Waals surface area (Å²) in [4.78, 5) is 52.1. The van der Waals surface area contributed by atoms with Crippen LogP contribution in [0.4, 0.5) is 0 Å². The number of amides is 4. The number of unbranched alkanes of at least 4 members (excludes halogenated alkanes) is 6. The van der Waals surface area contributed by atoms with Gasteiger partial charge in [0.2, 0.25) is 11.8 Å². The van der Waals surface area contributed by atoms with Crippen molar-refractivity contribution in [2.45, 2.75) is 130 Å². The highest BCUT2D eigenvalue weighted by molar-refractivity contribution is 6.00. The minimum atomic E-state index is -0.559. The predicted molar refractivity (Wildman–Crippen MR) is 189 cm³/mol. The third-order valence-corrected chi connectivity index (χ3v) is 8.89. The van der Waals surface area contributed by atoms with Crippen molar-refractivity contribution in [2.24, 2.45) is 11.8 Å². The summed E-state index contributed by atoms with van der Waals surface area (Å²) in [5.74, 6) is -2.76. The maximum absolute atomic E-state index is 13.1. The van der Waals surface area contributed by atoms with E-state index in [2.05, 4.69) is 35.6 Å². The van der Waals surface area contributed by atoms with E-state index in [1.54, 1.807) is 12.1 Å². The van der Waals surface area contributed by atoms with E-state index in [0.717, 1.165) is 68.9 Å². The van der Waals surface area contributed by atoms with E-state index < -0.39 is 11.8 Å². The van der Waals surface area contributed by atoms with Crippen LogP contribution >= 0.6 is 0 Å². The molecule has 10 heteroatoms. The average Bonchev–Trinajstić information content (AvgIpc) is 3.07. The number of carbonyl (C=O) groups excluding carboxylic acids is 4. The number of hydrogen-bond donors (Lipinski definition) is 6. The predicted octanol–water partition coefficient (Wildman–Crippen LogP) is 7.18. The quantitative estimate of drug-likeness (QED) is 0.0612. The van der Waals surface area contributed by atoms with Gasteiger partial charge in [-0.15, -0.1) is 0 Å². The zero-order valence-electron chi connectivity index (χ0n) is 29.5. The first kappa shape index (κ1) is 40.1. The van der Waals surface area contributed by atoms with E-state index in [1.807, 2.05) is 26.0 Å². The highest BCUT2D eigenvalue weighted by atomic mass is 16.3. The Kier molecular flexibility index (Phi) is 18.8. The second-order valence-corrected chi connectivity index (χ2v) is 12.7. The number of hydrazine groups is 2. The topological polar surface area (TPSA) is 157 Å². The summed E-state index contributed by atoms with van der Waals surface area (Å²) in [7, 11) is 0. The molecule has 0 heterocycles. The molecule has 0 aromatic heterocycles. The summed E-state index contributed by atoms with van der Waals surface area (Å²) in [6.45, 7) is 8.14. The highest BCUT2D eigenvalue weighted by Crippen LogP contribution is 2.25. The van der Waals surface area contributed by atoms with Gasteiger partial charge in [0, 0.05) is 11.8 Å². The number of hydrogen-bond acceptors (Lipinski definition) is 6. The van der Waals surface area contributed by atoms with Gasteiger partial charge in [-0.05, 0) is 74.6 Å². The molecule has 0 spiro atoms. The standard InChI is InChI=1S/C38H58N4O6/c1-5-9-11-13-19-28-22-16-25-31(43)33(28)37(47)41-39-35(45)27(8-4)21-15-24-30(18-7-3)36(46)40-42-38(48)34-29(20-14-12-10-6-2)23-17-26-32(34)44/h16-17,22-23,25-27,30,43-44H,5-15,18-21,24H2,1-4H3,(H,39,45)(H,40,46)(H,41,47)(H,42,48). The van der Waals surface area contributed by atoms with Crippen molar-refractivity contribution >= 4 is 23.6 Å². The normalized spacial score (nSPS) is 12.2. The van der Waals surface area contributed by atoms with Crippen LogP contribution in [0, 0.1) is 11.8 Å². The fourth-order valence-corrected chi connectivity index (χ4v) is 6.05. The number of benzene rings is 2. The summed E-state index contributed by atoms with van der Waals surface area (Å²) in [6, 6.07) is 10.0. The summed E-state index contributed by atoms with van der Waals surface area (Å²) >= 11 is 0. The van der Waals surface area contributed by atoms with Crippen molar-refractivity contribution in [1.29, 1.82) is 0 Å². The zero-order chi connectivity index (χ0) is 35.3. The van der Waals surface area contributed by atoms with Gasteiger partial charge >= 0.3 is 0 Å². The molecule has 0 aliphatic heterocycles. The van der Waals surface area contributed by atoms with Crippen LogP contribution in [0.3, 0.4) is 0 Å². The molecule has 0 saturated heterocycles. The van der Waals surface area contributed by atoms with Gasteiger partial charge in [0.1, 0.15) is 11.5 Å². The smallest absolute Gasteiger partial charge is 0.273 e. The van der Waals surface area contributed by atoms with Crippen molar-refractivity contribution < 1.29 is 29.4 Å². The minimum Gasteiger partial charge on any atom is -0.507 e. The van der Waals surface area contributed by atoms with E-state index >= 15 is 0 Å². The van der Waals surface area contributed by atoms with Crippen LogP contribution in [-0.2, 0) is 22.4 Å². The molecule has 6 N–H and O–H groups in total. The van der Waals surface area contributed by atoms with Gasteiger partial charge in [-0.3, -0.25) is 40.9 Å². The first-order valence-electron chi connectivity index (χ1n) is 18.0. The van der Waals surface area contributed by atoms with Crippen LogP contribution in [0.25, 0.3) is 0 Å². The van der Waals surface area contributed by atoms with Crippen molar-refractivity contribution in [3.05, 3.63) is 58.7 Å². The Morgan fingerprint density at radius 1 is 0.542 bits per heavy atom. The third-order valence-electron chi connectivity index (χ3n) is 8.89. The summed E-state index contributed by atoms with van der Waals surface area (Å²) in [6.07, 6.45) is 13.2. The Morgan fingerprint density at radius 3 is 1.44 bits per heavy atom. The number of carbonyl (C=O) groups is 4. The van der Waals surface area contributed by atoms with Gasteiger partial charge in [-0.1, -0.05) is 103 Å². The van der Waals surface area contributed by atoms with Crippen LogP contribution in [-0.4, -0.2) is 33.8 Å². The van der Waals surface area contributed by atoms with Crippen LogP contribution in [0.5, 0.6) is 11.5 Å².